The van der Waals surface area contributed by atoms with Gasteiger partial charge >= 0.3 is 0 Å². The number of benzene rings is 1. The molecule has 39 heavy (non-hydrogen) atoms. The molecule has 1 aromatic carbocycles. The molecule has 2 aliphatic rings. The number of carbonyl (C=O) groups excluding carboxylic acids is 2. The summed E-state index contributed by atoms with van der Waals surface area (Å²) >= 11 is 0. The van der Waals surface area contributed by atoms with Gasteiger partial charge in [0.25, 0.3) is 5.91 Å². The van der Waals surface area contributed by atoms with E-state index in [0.717, 1.165) is 56.2 Å². The highest BCUT2D eigenvalue weighted by molar-refractivity contribution is 6.01. The van der Waals surface area contributed by atoms with Gasteiger partial charge in [0.2, 0.25) is 5.91 Å². The molecule has 2 amide bonds. The topological polar surface area (TPSA) is 107 Å². The van der Waals surface area contributed by atoms with Gasteiger partial charge in [0.1, 0.15) is 11.9 Å². The molecular formula is C29H38N8O2. The van der Waals surface area contributed by atoms with Crippen molar-refractivity contribution in [2.24, 2.45) is 13.0 Å². The van der Waals surface area contributed by atoms with E-state index < -0.39 is 6.04 Å². The first-order chi connectivity index (χ1) is 18.9. The van der Waals surface area contributed by atoms with E-state index in [0.29, 0.717) is 23.6 Å². The Labute approximate surface area is 229 Å². The molecule has 1 saturated carbocycles. The number of aromatic nitrogens is 3. The lowest BCUT2D eigenvalue weighted by Crippen LogP contribution is -2.44. The van der Waals surface area contributed by atoms with E-state index in [1.807, 2.05) is 30.5 Å². The lowest BCUT2D eigenvalue weighted by atomic mass is 9.97. The summed E-state index contributed by atoms with van der Waals surface area (Å²) in [5, 5.41) is 13.4. The monoisotopic (exact) mass is 530 g/mol. The molecule has 206 valence electrons. The van der Waals surface area contributed by atoms with Gasteiger partial charge in [-0.15, -0.1) is 0 Å². The van der Waals surface area contributed by atoms with E-state index in [1.54, 1.807) is 36.3 Å². The number of rotatable bonds is 9. The van der Waals surface area contributed by atoms with Gasteiger partial charge in [-0.3, -0.25) is 14.3 Å². The van der Waals surface area contributed by atoms with Crippen LogP contribution >= 0.6 is 0 Å². The lowest BCUT2D eigenvalue weighted by Gasteiger charge is -2.33. The number of hydrogen-bond acceptors (Lipinski definition) is 7. The van der Waals surface area contributed by atoms with E-state index in [-0.39, 0.29) is 11.8 Å². The second-order valence-corrected chi connectivity index (χ2v) is 10.7. The van der Waals surface area contributed by atoms with E-state index in [2.05, 4.69) is 42.9 Å². The number of nitrogens with one attached hydrogen (secondary N) is 3. The fourth-order valence-corrected chi connectivity index (χ4v) is 5.36. The molecule has 10 nitrogen and oxygen atoms in total. The molecule has 3 N–H and O–H groups in total. The number of hydrogen-bond donors (Lipinski definition) is 3. The SMILES string of the molecule is CN1CCN(c2ccc(Nc3cccc(C(=O)N[C@@H](CC4CCCC4)C(=O)Nc4cnn(C)c4)c3)cn2)CC1. The number of piperazine rings is 1. The largest absolute Gasteiger partial charge is 0.354 e. The highest BCUT2D eigenvalue weighted by atomic mass is 16.2. The molecule has 0 unspecified atom stereocenters. The average molecular weight is 531 g/mol. The zero-order chi connectivity index (χ0) is 27.2. The first-order valence-corrected chi connectivity index (χ1v) is 13.8. The minimum atomic E-state index is -0.622. The summed E-state index contributed by atoms with van der Waals surface area (Å²) in [6.45, 7) is 4.00. The molecule has 3 heterocycles. The maximum atomic E-state index is 13.3. The van der Waals surface area contributed by atoms with Crippen LogP contribution in [0.15, 0.2) is 55.0 Å². The van der Waals surface area contributed by atoms with Gasteiger partial charge in [-0.05, 0) is 49.7 Å². The Morgan fingerprint density at radius 1 is 0.974 bits per heavy atom. The second kappa shape index (κ2) is 12.3. The maximum absolute atomic E-state index is 13.3. The summed E-state index contributed by atoms with van der Waals surface area (Å²) < 4.78 is 1.63. The van der Waals surface area contributed by atoms with Gasteiger partial charge in [0.15, 0.2) is 0 Å². The highest BCUT2D eigenvalue weighted by Gasteiger charge is 2.27. The van der Waals surface area contributed by atoms with Crippen molar-refractivity contribution >= 4 is 34.7 Å². The molecule has 1 atom stereocenters. The fourth-order valence-electron chi connectivity index (χ4n) is 5.36. The molecular weight excluding hydrogens is 492 g/mol. The highest BCUT2D eigenvalue weighted by Crippen LogP contribution is 2.29. The molecule has 1 aliphatic heterocycles. The first-order valence-electron chi connectivity index (χ1n) is 13.8. The van der Waals surface area contributed by atoms with Crippen LogP contribution in [0.3, 0.4) is 0 Å². The maximum Gasteiger partial charge on any atom is 0.252 e. The summed E-state index contributed by atoms with van der Waals surface area (Å²) in [6, 6.07) is 10.7. The van der Waals surface area contributed by atoms with Crippen LogP contribution in [0.25, 0.3) is 0 Å². The summed E-state index contributed by atoms with van der Waals surface area (Å²) in [5.74, 6) is 0.916. The third-order valence-electron chi connectivity index (χ3n) is 7.63. The molecule has 1 saturated heterocycles. The van der Waals surface area contributed by atoms with Crippen LogP contribution in [0.2, 0.25) is 0 Å². The molecule has 3 aromatic rings. The quantitative estimate of drug-likeness (QED) is 0.388. The lowest BCUT2D eigenvalue weighted by molar-refractivity contribution is -0.118. The summed E-state index contributed by atoms with van der Waals surface area (Å²) in [4.78, 5) is 35.7. The van der Waals surface area contributed by atoms with Gasteiger partial charge in [-0.1, -0.05) is 31.7 Å². The minimum Gasteiger partial charge on any atom is -0.354 e. The summed E-state index contributed by atoms with van der Waals surface area (Å²) in [7, 11) is 3.94. The number of amides is 2. The van der Waals surface area contributed by atoms with Gasteiger partial charge in [-0.2, -0.15) is 5.10 Å². The van der Waals surface area contributed by atoms with Crippen molar-refractivity contribution in [3.05, 3.63) is 60.6 Å². The fraction of sp³-hybridized carbons (Fsp3) is 0.448. The molecule has 0 radical (unpaired) electrons. The number of anilines is 4. The van der Waals surface area contributed by atoms with Gasteiger partial charge in [0, 0.05) is 50.7 Å². The summed E-state index contributed by atoms with van der Waals surface area (Å²) in [6.07, 6.45) is 10.3. The molecule has 0 spiro atoms. The molecule has 10 heteroatoms. The minimum absolute atomic E-state index is 0.218. The van der Waals surface area contributed by atoms with Crippen molar-refractivity contribution in [1.82, 2.24) is 25.0 Å². The number of carbonyl (C=O) groups is 2. The zero-order valence-electron chi connectivity index (χ0n) is 22.8. The Bertz CT molecular complexity index is 1260. The van der Waals surface area contributed by atoms with E-state index >= 15 is 0 Å². The molecule has 5 rings (SSSR count). The van der Waals surface area contributed by atoms with E-state index in [4.69, 9.17) is 0 Å². The number of pyridine rings is 1. The molecule has 2 aromatic heterocycles. The third-order valence-corrected chi connectivity index (χ3v) is 7.63. The zero-order valence-corrected chi connectivity index (χ0v) is 22.8. The Kier molecular flexibility index (Phi) is 8.41. The smallest absolute Gasteiger partial charge is 0.252 e. The predicted octanol–water partition coefficient (Wildman–Crippen LogP) is 3.63. The van der Waals surface area contributed by atoms with Crippen molar-refractivity contribution in [2.75, 3.05) is 48.8 Å². The van der Waals surface area contributed by atoms with Crippen LogP contribution in [0.5, 0.6) is 0 Å². The average Bonchev–Trinajstić information content (AvgIpc) is 3.61. The van der Waals surface area contributed by atoms with E-state index in [9.17, 15) is 9.59 Å². The van der Waals surface area contributed by atoms with Crippen LogP contribution < -0.4 is 20.9 Å². The van der Waals surface area contributed by atoms with Gasteiger partial charge < -0.3 is 25.8 Å². The number of likely N-dealkylation sites (N-methyl/N-ethyl adjacent to an activating group) is 1. The first kappa shape index (κ1) is 26.7. The molecule has 1 aliphatic carbocycles. The van der Waals surface area contributed by atoms with Crippen molar-refractivity contribution in [3.8, 4) is 0 Å². The third kappa shape index (κ3) is 7.14. The van der Waals surface area contributed by atoms with E-state index in [1.165, 1.54) is 12.8 Å². The molecule has 0 bridgehead atoms. The van der Waals surface area contributed by atoms with Gasteiger partial charge in [0.05, 0.1) is 23.8 Å². The van der Waals surface area contributed by atoms with Crippen molar-refractivity contribution < 1.29 is 9.59 Å². The standard InChI is InChI=1S/C29H38N8O2/c1-35-12-14-37(15-13-35)27-11-10-24(18-30-27)32-23-9-5-8-22(17-23)28(38)34-26(16-21-6-3-4-7-21)29(39)33-25-19-31-36(2)20-25/h5,8-11,17-21,26,32H,3-4,6-7,12-16H2,1-2H3,(H,33,39)(H,34,38)/t26-/m0/s1. The van der Waals surface area contributed by atoms with Crippen molar-refractivity contribution in [3.63, 3.8) is 0 Å². The molecule has 2 fully saturated rings. The Morgan fingerprint density at radius 2 is 1.77 bits per heavy atom. The normalized spacial score (nSPS) is 17.1. The Balaban J connectivity index is 1.23. The van der Waals surface area contributed by atoms with Crippen LogP contribution in [0, 0.1) is 5.92 Å². The van der Waals surface area contributed by atoms with Crippen molar-refractivity contribution in [2.45, 2.75) is 38.1 Å². The van der Waals surface area contributed by atoms with Crippen molar-refractivity contribution in [1.29, 1.82) is 0 Å². The predicted molar refractivity (Wildman–Crippen MR) is 153 cm³/mol. The van der Waals surface area contributed by atoms with Crippen LogP contribution in [-0.2, 0) is 11.8 Å². The van der Waals surface area contributed by atoms with Gasteiger partial charge in [-0.25, -0.2) is 4.98 Å². The Morgan fingerprint density at radius 3 is 2.46 bits per heavy atom. The van der Waals surface area contributed by atoms with Crippen LogP contribution in [-0.4, -0.2) is 70.7 Å². The second-order valence-electron chi connectivity index (χ2n) is 10.7. The number of nitrogens with zero attached hydrogens (tertiary/aromatic N) is 5. The Hall–Kier alpha value is -3.92. The van der Waals surface area contributed by atoms with Crippen LogP contribution in [0.4, 0.5) is 22.9 Å². The number of aryl methyl sites for hydroxylation is 1. The van der Waals surface area contributed by atoms with Crippen LogP contribution in [0.1, 0.15) is 42.5 Å². The summed E-state index contributed by atoms with van der Waals surface area (Å²) in [5.41, 5.74) is 2.74.